The van der Waals surface area contributed by atoms with E-state index in [1.807, 2.05) is 24.3 Å². The molecule has 1 unspecified atom stereocenters. The molecule has 0 aromatic heterocycles. The Balaban J connectivity index is 2.07. The monoisotopic (exact) mass is 296 g/mol. The number of methoxy groups -OCH3 is 1. The Labute approximate surface area is 130 Å². The number of ether oxygens (including phenoxy) is 2. The zero-order chi connectivity index (χ0) is 15.5. The lowest BCUT2D eigenvalue weighted by atomic mass is 9.81. The van der Waals surface area contributed by atoms with Gasteiger partial charge in [-0.1, -0.05) is 18.6 Å². The summed E-state index contributed by atoms with van der Waals surface area (Å²) in [5, 5.41) is 9.54. The minimum Gasteiger partial charge on any atom is -0.497 e. The third kappa shape index (κ3) is 2.55. The van der Waals surface area contributed by atoms with Crippen LogP contribution in [0, 0.1) is 11.3 Å². The smallest absolute Gasteiger partial charge is 0.205 e. The Hall–Kier alpha value is -2.41. The molecule has 1 aliphatic heterocycles. The molecule has 1 heterocycles. The van der Waals surface area contributed by atoms with E-state index in [-0.39, 0.29) is 11.8 Å². The van der Waals surface area contributed by atoms with Crippen LogP contribution in [0.2, 0.25) is 0 Å². The summed E-state index contributed by atoms with van der Waals surface area (Å²) in [4.78, 5) is 0. The Morgan fingerprint density at radius 1 is 1.18 bits per heavy atom. The van der Waals surface area contributed by atoms with Crippen LogP contribution in [-0.2, 0) is 4.74 Å². The highest BCUT2D eigenvalue weighted by Crippen LogP contribution is 2.44. The molecule has 2 N–H and O–H groups in total. The van der Waals surface area contributed by atoms with Crippen LogP contribution >= 0.6 is 0 Å². The summed E-state index contributed by atoms with van der Waals surface area (Å²) in [5.41, 5.74) is 8.81. The fourth-order valence-electron chi connectivity index (χ4n) is 3.29. The summed E-state index contributed by atoms with van der Waals surface area (Å²) in [5.74, 6) is 1.94. The van der Waals surface area contributed by atoms with Crippen LogP contribution in [0.25, 0.3) is 0 Å². The van der Waals surface area contributed by atoms with Crippen LogP contribution in [0.5, 0.6) is 5.75 Å². The maximum Gasteiger partial charge on any atom is 0.205 e. The normalized spacial score (nSPS) is 21.5. The molecule has 0 fully saturated rings. The van der Waals surface area contributed by atoms with Crippen molar-refractivity contribution in [1.29, 1.82) is 5.26 Å². The topological polar surface area (TPSA) is 68.3 Å². The number of hydrogen-bond acceptors (Lipinski definition) is 4. The van der Waals surface area contributed by atoms with Crippen molar-refractivity contribution < 1.29 is 9.47 Å². The lowest BCUT2D eigenvalue weighted by molar-refractivity contribution is 0.264. The van der Waals surface area contributed by atoms with Gasteiger partial charge in [0, 0.05) is 12.3 Å². The molecule has 0 saturated heterocycles. The fraction of sp³-hybridized carbons (Fsp3) is 0.389. The molecular formula is C18H20N2O2. The average molecular weight is 296 g/mol. The second-order valence-electron chi connectivity index (χ2n) is 5.71. The quantitative estimate of drug-likeness (QED) is 0.903. The van der Waals surface area contributed by atoms with Gasteiger partial charge in [0.2, 0.25) is 5.88 Å². The lowest BCUT2D eigenvalue weighted by Gasteiger charge is -2.28. The highest BCUT2D eigenvalue weighted by molar-refractivity contribution is 5.49. The van der Waals surface area contributed by atoms with E-state index in [2.05, 4.69) is 6.07 Å². The molecule has 4 nitrogen and oxygen atoms in total. The maximum absolute atomic E-state index is 9.54. The molecule has 1 aromatic carbocycles. The highest BCUT2D eigenvalue weighted by atomic mass is 16.5. The Bertz CT molecular complexity index is 665. The molecule has 0 bridgehead atoms. The van der Waals surface area contributed by atoms with Gasteiger partial charge in [0.05, 0.1) is 7.11 Å². The number of allylic oxidation sites excluding steroid dienone is 3. The second kappa shape index (κ2) is 6.15. The summed E-state index contributed by atoms with van der Waals surface area (Å²) in [6.45, 7) is 0. The first-order chi connectivity index (χ1) is 10.7. The van der Waals surface area contributed by atoms with Crippen LogP contribution in [0.4, 0.5) is 0 Å². The predicted octanol–water partition coefficient (Wildman–Crippen LogP) is 3.72. The van der Waals surface area contributed by atoms with E-state index in [1.165, 1.54) is 12.0 Å². The molecule has 0 radical (unpaired) electrons. The van der Waals surface area contributed by atoms with Gasteiger partial charge < -0.3 is 15.2 Å². The van der Waals surface area contributed by atoms with Crippen molar-refractivity contribution in [2.24, 2.45) is 5.73 Å². The molecular weight excluding hydrogens is 276 g/mol. The average Bonchev–Trinajstić information content (AvgIpc) is 2.78. The van der Waals surface area contributed by atoms with Crippen molar-refractivity contribution in [3.05, 3.63) is 52.6 Å². The van der Waals surface area contributed by atoms with Crippen molar-refractivity contribution in [1.82, 2.24) is 0 Å². The Kier molecular flexibility index (Phi) is 4.06. The maximum atomic E-state index is 9.54. The SMILES string of the molecule is COc1ccc(C2C(C#N)=C(N)OC3=C2CCCCC3)cc1. The second-order valence-corrected chi connectivity index (χ2v) is 5.71. The summed E-state index contributed by atoms with van der Waals surface area (Å²) >= 11 is 0. The third-order valence-corrected chi connectivity index (χ3v) is 4.41. The lowest BCUT2D eigenvalue weighted by Crippen LogP contribution is -2.20. The van der Waals surface area contributed by atoms with Crippen molar-refractivity contribution >= 4 is 0 Å². The Morgan fingerprint density at radius 3 is 2.59 bits per heavy atom. The number of hydrogen-bond donors (Lipinski definition) is 1. The van der Waals surface area contributed by atoms with Crippen LogP contribution in [0.3, 0.4) is 0 Å². The van der Waals surface area contributed by atoms with Crippen LogP contribution in [0.1, 0.15) is 43.6 Å². The van der Waals surface area contributed by atoms with Crippen molar-refractivity contribution in [2.75, 3.05) is 7.11 Å². The number of nitrogens with zero attached hydrogens (tertiary/aromatic N) is 1. The summed E-state index contributed by atoms with van der Waals surface area (Å²) in [6, 6.07) is 10.1. The van der Waals surface area contributed by atoms with Gasteiger partial charge >= 0.3 is 0 Å². The van der Waals surface area contributed by atoms with E-state index >= 15 is 0 Å². The summed E-state index contributed by atoms with van der Waals surface area (Å²) < 4.78 is 11.0. The predicted molar refractivity (Wildman–Crippen MR) is 83.8 cm³/mol. The summed E-state index contributed by atoms with van der Waals surface area (Å²) in [7, 11) is 1.65. The van der Waals surface area contributed by atoms with E-state index in [1.54, 1.807) is 7.11 Å². The van der Waals surface area contributed by atoms with Gasteiger partial charge in [-0.3, -0.25) is 0 Å². The highest BCUT2D eigenvalue weighted by Gasteiger charge is 2.32. The number of nitrogens with two attached hydrogens (primary N) is 1. The molecule has 114 valence electrons. The molecule has 2 aliphatic rings. The van der Waals surface area contributed by atoms with Crippen molar-refractivity contribution in [3.8, 4) is 11.8 Å². The standard InChI is InChI=1S/C18H20N2O2/c1-21-13-9-7-12(8-10-13)17-14-5-3-2-4-6-16(14)22-18(20)15(17)11-19/h7-10,17H,2-6,20H2,1H3. The van der Waals surface area contributed by atoms with Gasteiger partial charge in [-0.2, -0.15) is 5.26 Å². The largest absolute Gasteiger partial charge is 0.497 e. The van der Waals surface area contributed by atoms with Gasteiger partial charge in [-0.15, -0.1) is 0 Å². The first kappa shape index (κ1) is 14.5. The van der Waals surface area contributed by atoms with Crippen molar-refractivity contribution in [3.63, 3.8) is 0 Å². The minimum absolute atomic E-state index is 0.0854. The van der Waals surface area contributed by atoms with E-state index in [0.29, 0.717) is 5.57 Å². The van der Waals surface area contributed by atoms with E-state index in [0.717, 1.165) is 42.8 Å². The van der Waals surface area contributed by atoms with Gasteiger partial charge in [0.15, 0.2) is 0 Å². The first-order valence-electron chi connectivity index (χ1n) is 7.68. The third-order valence-electron chi connectivity index (χ3n) is 4.41. The zero-order valence-electron chi connectivity index (χ0n) is 12.8. The van der Waals surface area contributed by atoms with Crippen molar-refractivity contribution in [2.45, 2.75) is 38.0 Å². The van der Waals surface area contributed by atoms with Crippen LogP contribution < -0.4 is 10.5 Å². The van der Waals surface area contributed by atoms with Gasteiger partial charge in [0.1, 0.15) is 23.2 Å². The number of rotatable bonds is 2. The fourth-order valence-corrected chi connectivity index (χ4v) is 3.29. The first-order valence-corrected chi connectivity index (χ1v) is 7.68. The molecule has 0 amide bonds. The molecule has 0 saturated carbocycles. The van der Waals surface area contributed by atoms with E-state index in [9.17, 15) is 5.26 Å². The molecule has 1 atom stereocenters. The summed E-state index contributed by atoms with van der Waals surface area (Å²) in [6.07, 6.45) is 5.30. The molecule has 4 heteroatoms. The number of benzene rings is 1. The number of nitriles is 1. The van der Waals surface area contributed by atoms with E-state index in [4.69, 9.17) is 15.2 Å². The minimum atomic E-state index is -0.0854. The Morgan fingerprint density at radius 2 is 1.91 bits per heavy atom. The van der Waals surface area contributed by atoms with E-state index < -0.39 is 0 Å². The van der Waals surface area contributed by atoms with Gasteiger partial charge in [0.25, 0.3) is 0 Å². The van der Waals surface area contributed by atoms with Crippen LogP contribution in [-0.4, -0.2) is 7.11 Å². The van der Waals surface area contributed by atoms with Gasteiger partial charge in [-0.05, 0) is 42.5 Å². The molecule has 0 spiro atoms. The zero-order valence-corrected chi connectivity index (χ0v) is 12.8. The molecule has 1 aliphatic carbocycles. The van der Waals surface area contributed by atoms with Crippen LogP contribution in [0.15, 0.2) is 47.1 Å². The van der Waals surface area contributed by atoms with Gasteiger partial charge in [-0.25, -0.2) is 0 Å². The molecule has 3 rings (SSSR count). The molecule has 22 heavy (non-hydrogen) atoms. The molecule has 1 aromatic rings.